The van der Waals surface area contributed by atoms with Gasteiger partial charge in [-0.2, -0.15) is 0 Å². The second-order valence-corrected chi connectivity index (χ2v) is 9.09. The highest BCUT2D eigenvalue weighted by Crippen LogP contribution is 2.22. The zero-order valence-electron chi connectivity index (χ0n) is 18.9. The van der Waals surface area contributed by atoms with E-state index in [2.05, 4.69) is 11.8 Å². The highest BCUT2D eigenvalue weighted by Gasteiger charge is 2.28. The molecule has 6 heteroatoms. The van der Waals surface area contributed by atoms with Crippen molar-refractivity contribution in [2.45, 2.75) is 38.3 Å². The van der Waals surface area contributed by atoms with Crippen LogP contribution in [0.3, 0.4) is 0 Å². The van der Waals surface area contributed by atoms with E-state index >= 15 is 0 Å². The molecule has 0 bridgehead atoms. The third-order valence-corrected chi connectivity index (χ3v) is 6.55. The van der Waals surface area contributed by atoms with E-state index in [0.29, 0.717) is 24.3 Å². The molecule has 0 unspecified atom stereocenters. The van der Waals surface area contributed by atoms with E-state index in [0.717, 1.165) is 16.9 Å². The van der Waals surface area contributed by atoms with Gasteiger partial charge in [-0.25, -0.2) is 4.79 Å². The summed E-state index contributed by atoms with van der Waals surface area (Å²) < 4.78 is 4.73. The number of ether oxygens (including phenoxy) is 1. The molecule has 1 fully saturated rings. The third-order valence-electron chi connectivity index (χ3n) is 5.52. The quantitative estimate of drug-likeness (QED) is 0.355. The Labute approximate surface area is 199 Å². The van der Waals surface area contributed by atoms with Gasteiger partial charge in [0.15, 0.2) is 0 Å². The number of aliphatic hydroxyl groups excluding tert-OH is 1. The SMILES string of the molecule is COC(=O)c1ccc(/C=C\CN2C(=O)CC[C@@H]2/C=C/[C@@H](O)[C@@H](C)CC#Cc2ccccc2)s1. The van der Waals surface area contributed by atoms with Gasteiger partial charge in [-0.05, 0) is 42.7 Å². The standard InChI is InChI=1S/C27H29NO4S/c1-20(8-6-11-21-9-4-3-5-10-21)24(29)16-13-22-14-18-26(30)28(22)19-7-12-23-15-17-25(33-23)27(31)32-2/h3-5,7,9-10,12-13,15-17,20,22,24,29H,8,14,18-19H2,1-2H3/b12-7-,16-13+/t20-,22-,24+/m0/s1. The summed E-state index contributed by atoms with van der Waals surface area (Å²) in [6.45, 7) is 2.45. The molecule has 172 valence electrons. The van der Waals surface area contributed by atoms with Gasteiger partial charge >= 0.3 is 5.97 Å². The first kappa shape index (κ1) is 24.5. The molecule has 1 aliphatic heterocycles. The number of carbonyl (C=O) groups excluding carboxylic acids is 2. The van der Waals surface area contributed by atoms with Crippen molar-refractivity contribution < 1.29 is 19.4 Å². The van der Waals surface area contributed by atoms with E-state index in [1.165, 1.54) is 18.4 Å². The number of amides is 1. The van der Waals surface area contributed by atoms with Crippen LogP contribution in [0.5, 0.6) is 0 Å². The fraction of sp³-hybridized carbons (Fsp3) is 0.333. The van der Waals surface area contributed by atoms with Crippen LogP contribution in [-0.4, -0.2) is 47.7 Å². The Balaban J connectivity index is 1.52. The number of benzene rings is 1. The van der Waals surface area contributed by atoms with Gasteiger partial charge in [-0.15, -0.1) is 11.3 Å². The molecule has 2 heterocycles. The molecule has 0 spiro atoms. The summed E-state index contributed by atoms with van der Waals surface area (Å²) in [6, 6.07) is 13.3. The number of methoxy groups -OCH3 is 1. The second-order valence-electron chi connectivity index (χ2n) is 7.97. The minimum absolute atomic E-state index is 0.00857. The van der Waals surface area contributed by atoms with Crippen molar-refractivity contribution in [2.75, 3.05) is 13.7 Å². The normalized spacial score (nSPS) is 17.8. The predicted octanol–water partition coefficient (Wildman–Crippen LogP) is 4.53. The van der Waals surface area contributed by atoms with Crippen LogP contribution < -0.4 is 0 Å². The molecule has 0 saturated carbocycles. The van der Waals surface area contributed by atoms with E-state index in [1.807, 2.05) is 66.4 Å². The lowest BCUT2D eigenvalue weighted by Crippen LogP contribution is -2.32. The van der Waals surface area contributed by atoms with Gasteiger partial charge in [0.25, 0.3) is 0 Å². The van der Waals surface area contributed by atoms with Crippen LogP contribution in [0, 0.1) is 17.8 Å². The number of carbonyl (C=O) groups is 2. The molecule has 1 aliphatic rings. The number of aliphatic hydroxyl groups is 1. The number of thiophene rings is 1. The molecule has 5 nitrogen and oxygen atoms in total. The van der Waals surface area contributed by atoms with Gasteiger partial charge in [-0.3, -0.25) is 4.79 Å². The summed E-state index contributed by atoms with van der Waals surface area (Å²) in [5, 5.41) is 10.5. The van der Waals surface area contributed by atoms with Gasteiger partial charge in [0.2, 0.25) is 5.91 Å². The lowest BCUT2D eigenvalue weighted by atomic mass is 9.99. The van der Waals surface area contributed by atoms with Crippen LogP contribution in [0.15, 0.2) is 60.7 Å². The van der Waals surface area contributed by atoms with Crippen molar-refractivity contribution in [3.63, 3.8) is 0 Å². The van der Waals surface area contributed by atoms with Crippen LogP contribution in [0.4, 0.5) is 0 Å². The molecular weight excluding hydrogens is 434 g/mol. The number of hydrogen-bond donors (Lipinski definition) is 1. The number of rotatable bonds is 8. The Bertz CT molecular complexity index is 1060. The number of esters is 1. The zero-order chi connectivity index (χ0) is 23.6. The molecule has 1 aromatic heterocycles. The van der Waals surface area contributed by atoms with E-state index in [1.54, 1.807) is 12.1 Å². The second kappa shape index (κ2) is 12.2. The molecule has 3 rings (SSSR count). The number of likely N-dealkylation sites (tertiary alicyclic amines) is 1. The summed E-state index contributed by atoms with van der Waals surface area (Å²) in [6.07, 6.45) is 8.77. The van der Waals surface area contributed by atoms with Crippen molar-refractivity contribution in [2.24, 2.45) is 5.92 Å². The summed E-state index contributed by atoms with van der Waals surface area (Å²) in [4.78, 5) is 27.2. The predicted molar refractivity (Wildman–Crippen MR) is 132 cm³/mol. The van der Waals surface area contributed by atoms with Crippen molar-refractivity contribution in [3.8, 4) is 11.8 Å². The van der Waals surface area contributed by atoms with Crippen molar-refractivity contribution in [3.05, 3.63) is 76.0 Å². The van der Waals surface area contributed by atoms with Crippen molar-refractivity contribution in [1.82, 2.24) is 4.90 Å². The van der Waals surface area contributed by atoms with Crippen LogP contribution in [0.2, 0.25) is 0 Å². The number of hydrogen-bond acceptors (Lipinski definition) is 5. The van der Waals surface area contributed by atoms with Crippen molar-refractivity contribution in [1.29, 1.82) is 0 Å². The maximum absolute atomic E-state index is 12.3. The lowest BCUT2D eigenvalue weighted by Gasteiger charge is -2.21. The molecule has 3 atom stereocenters. The molecule has 1 saturated heterocycles. The van der Waals surface area contributed by atoms with E-state index in [-0.39, 0.29) is 23.8 Å². The molecular formula is C27H29NO4S. The first-order valence-electron chi connectivity index (χ1n) is 11.0. The monoisotopic (exact) mass is 463 g/mol. The maximum atomic E-state index is 12.3. The minimum atomic E-state index is -0.619. The van der Waals surface area contributed by atoms with E-state index in [9.17, 15) is 14.7 Å². The maximum Gasteiger partial charge on any atom is 0.348 e. The Morgan fingerprint density at radius 1 is 1.30 bits per heavy atom. The molecule has 1 N–H and O–H groups in total. The first-order chi connectivity index (χ1) is 16.0. The third kappa shape index (κ3) is 7.18. The van der Waals surface area contributed by atoms with Crippen LogP contribution in [0.1, 0.15) is 46.3 Å². The summed E-state index contributed by atoms with van der Waals surface area (Å²) in [5.41, 5.74) is 0.965. The average Bonchev–Trinajstić information content (AvgIpc) is 3.44. The van der Waals surface area contributed by atoms with Gasteiger partial charge in [0, 0.05) is 29.8 Å². The fourth-order valence-electron chi connectivity index (χ4n) is 3.52. The van der Waals surface area contributed by atoms with Gasteiger partial charge in [0.05, 0.1) is 19.3 Å². The average molecular weight is 464 g/mol. The van der Waals surface area contributed by atoms with Gasteiger partial charge in [0.1, 0.15) is 4.88 Å². The molecule has 1 amide bonds. The highest BCUT2D eigenvalue weighted by molar-refractivity contribution is 7.14. The Morgan fingerprint density at radius 2 is 2.09 bits per heavy atom. The Hall–Kier alpha value is -3.14. The lowest BCUT2D eigenvalue weighted by molar-refractivity contribution is -0.127. The van der Waals surface area contributed by atoms with E-state index in [4.69, 9.17) is 4.74 Å². The zero-order valence-corrected chi connectivity index (χ0v) is 19.8. The molecule has 1 aromatic carbocycles. The summed E-state index contributed by atoms with van der Waals surface area (Å²) in [7, 11) is 1.36. The fourth-order valence-corrected chi connectivity index (χ4v) is 4.37. The van der Waals surface area contributed by atoms with E-state index < -0.39 is 6.10 Å². The molecule has 33 heavy (non-hydrogen) atoms. The molecule has 0 aliphatic carbocycles. The van der Waals surface area contributed by atoms with Crippen molar-refractivity contribution >= 4 is 29.3 Å². The van der Waals surface area contributed by atoms with Crippen LogP contribution >= 0.6 is 11.3 Å². The number of nitrogens with zero attached hydrogens (tertiary/aromatic N) is 1. The Morgan fingerprint density at radius 3 is 2.85 bits per heavy atom. The summed E-state index contributed by atoms with van der Waals surface area (Å²) >= 11 is 1.35. The first-order valence-corrected chi connectivity index (χ1v) is 11.8. The minimum Gasteiger partial charge on any atom is -0.465 e. The van der Waals surface area contributed by atoms with Gasteiger partial charge in [-0.1, -0.05) is 55.2 Å². The molecule has 2 aromatic rings. The topological polar surface area (TPSA) is 66.8 Å². The Kier molecular flexibility index (Phi) is 9.05. The van der Waals surface area contributed by atoms with Gasteiger partial charge < -0.3 is 14.7 Å². The smallest absolute Gasteiger partial charge is 0.348 e. The molecule has 0 radical (unpaired) electrons. The van der Waals surface area contributed by atoms with Crippen LogP contribution in [-0.2, 0) is 9.53 Å². The highest BCUT2D eigenvalue weighted by atomic mass is 32.1. The van der Waals surface area contributed by atoms with Crippen LogP contribution in [0.25, 0.3) is 6.08 Å². The largest absolute Gasteiger partial charge is 0.465 e. The summed E-state index contributed by atoms with van der Waals surface area (Å²) in [5.74, 6) is 6.00.